The molecule has 1 saturated carbocycles. The molecule has 0 aromatic rings. The Morgan fingerprint density at radius 1 is 1.38 bits per heavy atom. The standard InChI is InChI=1S/C12H25N3O/c1-10(2)15(3)9-8-14-12(16)6-7-13-11-4-5-11/h10-11,13H,4-9H2,1-3H3,(H,14,16). The highest BCUT2D eigenvalue weighted by Gasteiger charge is 2.19. The van der Waals surface area contributed by atoms with E-state index in [1.54, 1.807) is 0 Å². The van der Waals surface area contributed by atoms with Crippen LogP contribution in [-0.2, 0) is 4.79 Å². The Hall–Kier alpha value is -0.610. The second kappa shape index (κ2) is 6.86. The first kappa shape index (κ1) is 13.5. The van der Waals surface area contributed by atoms with Crippen molar-refractivity contribution in [2.45, 2.75) is 45.2 Å². The van der Waals surface area contributed by atoms with Crippen molar-refractivity contribution >= 4 is 5.91 Å². The summed E-state index contributed by atoms with van der Waals surface area (Å²) in [6, 6.07) is 1.23. The summed E-state index contributed by atoms with van der Waals surface area (Å²) in [4.78, 5) is 13.7. The van der Waals surface area contributed by atoms with E-state index < -0.39 is 0 Å². The van der Waals surface area contributed by atoms with Crippen molar-refractivity contribution in [2.24, 2.45) is 0 Å². The van der Waals surface area contributed by atoms with Crippen LogP contribution >= 0.6 is 0 Å². The lowest BCUT2D eigenvalue weighted by Crippen LogP contribution is -2.37. The lowest BCUT2D eigenvalue weighted by molar-refractivity contribution is -0.121. The maximum atomic E-state index is 11.4. The molecule has 1 fully saturated rings. The molecule has 2 N–H and O–H groups in total. The quantitative estimate of drug-likeness (QED) is 0.638. The number of hydrogen-bond acceptors (Lipinski definition) is 3. The molecule has 0 saturated heterocycles. The fourth-order valence-electron chi connectivity index (χ4n) is 1.40. The summed E-state index contributed by atoms with van der Waals surface area (Å²) in [6.45, 7) is 6.79. The Balaban J connectivity index is 1.92. The fraction of sp³-hybridized carbons (Fsp3) is 0.917. The first-order valence-corrected chi connectivity index (χ1v) is 6.30. The van der Waals surface area contributed by atoms with Gasteiger partial charge >= 0.3 is 0 Å². The van der Waals surface area contributed by atoms with Crippen LogP contribution in [0.5, 0.6) is 0 Å². The predicted molar refractivity (Wildman–Crippen MR) is 66.4 cm³/mol. The molecule has 1 amide bonds. The molecule has 1 aliphatic rings. The zero-order valence-electron chi connectivity index (χ0n) is 10.8. The van der Waals surface area contributed by atoms with Gasteiger partial charge in [-0.15, -0.1) is 0 Å². The van der Waals surface area contributed by atoms with E-state index in [0.717, 1.165) is 19.6 Å². The van der Waals surface area contributed by atoms with E-state index in [1.807, 2.05) is 0 Å². The summed E-state index contributed by atoms with van der Waals surface area (Å²) in [5.41, 5.74) is 0. The first-order valence-electron chi connectivity index (χ1n) is 6.30. The number of rotatable bonds is 8. The van der Waals surface area contributed by atoms with Gasteiger partial charge in [-0.1, -0.05) is 0 Å². The fourth-order valence-corrected chi connectivity index (χ4v) is 1.40. The van der Waals surface area contributed by atoms with E-state index in [0.29, 0.717) is 18.5 Å². The smallest absolute Gasteiger partial charge is 0.221 e. The monoisotopic (exact) mass is 227 g/mol. The molecule has 0 spiro atoms. The normalized spacial score (nSPS) is 15.8. The molecule has 0 aliphatic heterocycles. The van der Waals surface area contributed by atoms with Crippen LogP contribution in [0.2, 0.25) is 0 Å². The van der Waals surface area contributed by atoms with Gasteiger partial charge in [0, 0.05) is 38.1 Å². The van der Waals surface area contributed by atoms with Crippen LogP contribution in [0.1, 0.15) is 33.1 Å². The molecule has 0 atom stereocenters. The second-order valence-electron chi connectivity index (χ2n) is 4.90. The molecule has 16 heavy (non-hydrogen) atoms. The van der Waals surface area contributed by atoms with Crippen molar-refractivity contribution in [1.82, 2.24) is 15.5 Å². The van der Waals surface area contributed by atoms with Gasteiger partial charge in [0.25, 0.3) is 0 Å². The van der Waals surface area contributed by atoms with Gasteiger partial charge in [0.2, 0.25) is 5.91 Å². The van der Waals surface area contributed by atoms with Gasteiger partial charge < -0.3 is 15.5 Å². The van der Waals surface area contributed by atoms with Crippen LogP contribution in [0.3, 0.4) is 0 Å². The number of hydrogen-bond donors (Lipinski definition) is 2. The predicted octanol–water partition coefficient (Wildman–Crippen LogP) is 0.585. The highest BCUT2D eigenvalue weighted by atomic mass is 16.1. The van der Waals surface area contributed by atoms with Gasteiger partial charge in [0.1, 0.15) is 0 Å². The highest BCUT2D eigenvalue weighted by Crippen LogP contribution is 2.18. The zero-order valence-corrected chi connectivity index (χ0v) is 10.8. The Labute approximate surface area is 98.8 Å². The number of nitrogens with one attached hydrogen (secondary N) is 2. The van der Waals surface area contributed by atoms with E-state index in [4.69, 9.17) is 0 Å². The maximum Gasteiger partial charge on any atom is 0.221 e. The molecule has 0 aromatic heterocycles. The molecule has 94 valence electrons. The Morgan fingerprint density at radius 3 is 2.62 bits per heavy atom. The largest absolute Gasteiger partial charge is 0.355 e. The van der Waals surface area contributed by atoms with E-state index in [2.05, 4.69) is 36.4 Å². The molecule has 0 heterocycles. The average Bonchev–Trinajstić information content (AvgIpc) is 3.01. The summed E-state index contributed by atoms with van der Waals surface area (Å²) in [7, 11) is 2.07. The van der Waals surface area contributed by atoms with Crippen LogP contribution in [0, 0.1) is 0 Å². The van der Waals surface area contributed by atoms with Crippen LogP contribution in [0.4, 0.5) is 0 Å². The number of nitrogens with zero attached hydrogens (tertiary/aromatic N) is 1. The summed E-state index contributed by atoms with van der Waals surface area (Å²) in [5, 5.41) is 6.28. The van der Waals surface area contributed by atoms with Gasteiger partial charge in [0.15, 0.2) is 0 Å². The number of amides is 1. The molecular formula is C12H25N3O. The Morgan fingerprint density at radius 2 is 2.06 bits per heavy atom. The van der Waals surface area contributed by atoms with E-state index >= 15 is 0 Å². The Bertz CT molecular complexity index is 214. The van der Waals surface area contributed by atoms with Gasteiger partial charge in [-0.2, -0.15) is 0 Å². The van der Waals surface area contributed by atoms with Crippen LogP contribution in [0.15, 0.2) is 0 Å². The van der Waals surface area contributed by atoms with Crippen LogP contribution in [-0.4, -0.2) is 49.6 Å². The number of carbonyl (C=O) groups excluding carboxylic acids is 1. The molecular weight excluding hydrogens is 202 g/mol. The minimum absolute atomic E-state index is 0.158. The molecule has 0 aromatic carbocycles. The summed E-state index contributed by atoms with van der Waals surface area (Å²) < 4.78 is 0. The van der Waals surface area contributed by atoms with Crippen LogP contribution in [0.25, 0.3) is 0 Å². The molecule has 0 bridgehead atoms. The minimum atomic E-state index is 0.158. The number of likely N-dealkylation sites (N-methyl/N-ethyl adjacent to an activating group) is 1. The maximum absolute atomic E-state index is 11.4. The second-order valence-corrected chi connectivity index (χ2v) is 4.90. The molecule has 4 heteroatoms. The third-order valence-corrected chi connectivity index (χ3v) is 3.03. The van der Waals surface area contributed by atoms with Gasteiger partial charge in [0.05, 0.1) is 0 Å². The molecule has 4 nitrogen and oxygen atoms in total. The number of carbonyl (C=O) groups is 1. The van der Waals surface area contributed by atoms with E-state index in [1.165, 1.54) is 12.8 Å². The summed E-state index contributed by atoms with van der Waals surface area (Å²) >= 11 is 0. The van der Waals surface area contributed by atoms with Crippen molar-refractivity contribution < 1.29 is 4.79 Å². The van der Waals surface area contributed by atoms with Crippen molar-refractivity contribution in [1.29, 1.82) is 0 Å². The SMILES string of the molecule is CC(C)N(C)CCNC(=O)CCNC1CC1. The zero-order chi connectivity index (χ0) is 12.0. The van der Waals surface area contributed by atoms with Crippen LogP contribution < -0.4 is 10.6 Å². The lowest BCUT2D eigenvalue weighted by Gasteiger charge is -2.20. The molecule has 0 radical (unpaired) electrons. The summed E-state index contributed by atoms with van der Waals surface area (Å²) in [6.07, 6.45) is 3.16. The molecule has 1 rings (SSSR count). The van der Waals surface area contributed by atoms with E-state index in [9.17, 15) is 4.79 Å². The lowest BCUT2D eigenvalue weighted by atomic mass is 10.3. The summed E-state index contributed by atoms with van der Waals surface area (Å²) in [5.74, 6) is 0.158. The minimum Gasteiger partial charge on any atom is -0.355 e. The molecule has 0 unspecified atom stereocenters. The molecule has 1 aliphatic carbocycles. The van der Waals surface area contributed by atoms with Gasteiger partial charge in [-0.05, 0) is 33.7 Å². The van der Waals surface area contributed by atoms with Crippen molar-refractivity contribution in [3.05, 3.63) is 0 Å². The van der Waals surface area contributed by atoms with Crippen molar-refractivity contribution in [3.8, 4) is 0 Å². The van der Waals surface area contributed by atoms with Gasteiger partial charge in [-0.25, -0.2) is 0 Å². The highest BCUT2D eigenvalue weighted by molar-refractivity contribution is 5.76. The topological polar surface area (TPSA) is 44.4 Å². The van der Waals surface area contributed by atoms with E-state index in [-0.39, 0.29) is 5.91 Å². The van der Waals surface area contributed by atoms with Crippen molar-refractivity contribution in [3.63, 3.8) is 0 Å². The van der Waals surface area contributed by atoms with Crippen molar-refractivity contribution in [2.75, 3.05) is 26.7 Å². The third-order valence-electron chi connectivity index (χ3n) is 3.03. The van der Waals surface area contributed by atoms with Gasteiger partial charge in [-0.3, -0.25) is 4.79 Å². The average molecular weight is 227 g/mol. The Kier molecular flexibility index (Phi) is 5.77. The first-order chi connectivity index (χ1) is 7.59. The third kappa shape index (κ3) is 6.08.